The Morgan fingerprint density at radius 3 is 2.36 bits per heavy atom. The second-order valence-electron chi connectivity index (χ2n) is 6.93. The van der Waals surface area contributed by atoms with E-state index in [0.29, 0.717) is 23.6 Å². The van der Waals surface area contributed by atoms with Crippen LogP contribution in [0, 0.1) is 0 Å². The van der Waals surface area contributed by atoms with Crippen molar-refractivity contribution in [1.29, 1.82) is 0 Å². The van der Waals surface area contributed by atoms with Crippen LogP contribution >= 0.6 is 0 Å². The van der Waals surface area contributed by atoms with E-state index in [4.69, 9.17) is 14.2 Å². The van der Waals surface area contributed by atoms with Gasteiger partial charge in [0.15, 0.2) is 11.5 Å². The molecule has 0 fully saturated rings. The Balaban J connectivity index is 1.63. The predicted octanol–water partition coefficient (Wildman–Crippen LogP) is 3.41. The molecule has 0 unspecified atom stereocenters. The van der Waals surface area contributed by atoms with E-state index in [9.17, 15) is 9.59 Å². The molecule has 0 aromatic heterocycles. The summed E-state index contributed by atoms with van der Waals surface area (Å²) in [5.41, 5.74) is 1.35. The topological polar surface area (TPSA) is 85.9 Å². The van der Waals surface area contributed by atoms with E-state index in [2.05, 4.69) is 10.6 Å². The summed E-state index contributed by atoms with van der Waals surface area (Å²) >= 11 is 0. The third-order valence-electron chi connectivity index (χ3n) is 4.35. The molecule has 2 amide bonds. The van der Waals surface area contributed by atoms with Crippen LogP contribution in [0.15, 0.2) is 42.5 Å². The minimum absolute atomic E-state index is 0.276. The lowest BCUT2D eigenvalue weighted by atomic mass is 10.0. The Kier molecular flexibility index (Phi) is 5.44. The molecule has 0 saturated heterocycles. The molecular formula is C21H24N2O5. The van der Waals surface area contributed by atoms with Gasteiger partial charge in [-0.1, -0.05) is 19.1 Å². The molecule has 0 aliphatic carbocycles. The Morgan fingerprint density at radius 2 is 1.71 bits per heavy atom. The van der Waals surface area contributed by atoms with Crippen molar-refractivity contribution < 1.29 is 23.8 Å². The second-order valence-corrected chi connectivity index (χ2v) is 6.93. The molecular weight excluding hydrogens is 360 g/mol. The van der Waals surface area contributed by atoms with Gasteiger partial charge in [-0.2, -0.15) is 0 Å². The first-order chi connectivity index (χ1) is 13.3. The average molecular weight is 384 g/mol. The highest BCUT2D eigenvalue weighted by molar-refractivity contribution is 6.39. The number of amides is 2. The summed E-state index contributed by atoms with van der Waals surface area (Å²) in [5.74, 6) is -0.361. The quantitative estimate of drug-likeness (QED) is 0.772. The molecule has 7 nitrogen and oxygen atoms in total. The van der Waals surface area contributed by atoms with Crippen LogP contribution in [0.3, 0.4) is 0 Å². The number of methoxy groups -OCH3 is 1. The Morgan fingerprint density at radius 1 is 1.04 bits per heavy atom. The van der Waals surface area contributed by atoms with Gasteiger partial charge in [0.05, 0.1) is 13.2 Å². The van der Waals surface area contributed by atoms with Gasteiger partial charge < -0.3 is 24.8 Å². The molecule has 0 bridgehead atoms. The van der Waals surface area contributed by atoms with Gasteiger partial charge in [-0.25, -0.2) is 0 Å². The number of anilines is 1. The van der Waals surface area contributed by atoms with Gasteiger partial charge >= 0.3 is 11.8 Å². The lowest BCUT2D eigenvalue weighted by molar-refractivity contribution is -0.136. The number of fused-ring (bicyclic) bond motifs is 1. The van der Waals surface area contributed by atoms with Crippen molar-refractivity contribution in [2.75, 3.05) is 12.4 Å². The van der Waals surface area contributed by atoms with Crippen molar-refractivity contribution in [3.8, 4) is 17.2 Å². The molecule has 148 valence electrons. The van der Waals surface area contributed by atoms with Gasteiger partial charge in [-0.05, 0) is 36.2 Å². The van der Waals surface area contributed by atoms with E-state index in [1.807, 2.05) is 31.2 Å². The van der Waals surface area contributed by atoms with Gasteiger partial charge in [0.1, 0.15) is 5.75 Å². The van der Waals surface area contributed by atoms with E-state index in [-0.39, 0.29) is 6.04 Å². The van der Waals surface area contributed by atoms with Crippen LogP contribution in [-0.2, 0) is 9.59 Å². The fourth-order valence-corrected chi connectivity index (χ4v) is 2.97. The molecule has 1 aliphatic heterocycles. The van der Waals surface area contributed by atoms with Crippen LogP contribution < -0.4 is 24.8 Å². The van der Waals surface area contributed by atoms with Crippen LogP contribution in [0.25, 0.3) is 0 Å². The van der Waals surface area contributed by atoms with Crippen LogP contribution in [0.1, 0.15) is 38.8 Å². The number of ether oxygens (including phenoxy) is 3. The predicted molar refractivity (Wildman–Crippen MR) is 105 cm³/mol. The van der Waals surface area contributed by atoms with E-state index in [1.165, 1.54) is 0 Å². The zero-order chi connectivity index (χ0) is 20.3. The molecule has 1 heterocycles. The molecule has 3 rings (SSSR count). The summed E-state index contributed by atoms with van der Waals surface area (Å²) in [5, 5.41) is 5.35. The number of carbonyl (C=O) groups excluding carboxylic acids is 2. The fourth-order valence-electron chi connectivity index (χ4n) is 2.97. The lowest BCUT2D eigenvalue weighted by Gasteiger charge is -2.17. The summed E-state index contributed by atoms with van der Waals surface area (Å²) in [6, 6.07) is 12.1. The third-order valence-corrected chi connectivity index (χ3v) is 4.35. The Labute approximate surface area is 164 Å². The highest BCUT2D eigenvalue weighted by Gasteiger charge is 2.32. The van der Waals surface area contributed by atoms with E-state index < -0.39 is 17.6 Å². The molecule has 2 aromatic carbocycles. The van der Waals surface area contributed by atoms with Gasteiger partial charge in [0.2, 0.25) is 5.79 Å². The smallest absolute Gasteiger partial charge is 0.313 e. The third kappa shape index (κ3) is 4.36. The molecule has 1 atom stereocenters. The van der Waals surface area contributed by atoms with Crippen molar-refractivity contribution in [3.05, 3.63) is 48.0 Å². The normalized spacial score (nSPS) is 14.9. The summed E-state index contributed by atoms with van der Waals surface area (Å²) < 4.78 is 16.4. The molecule has 0 spiro atoms. The lowest BCUT2D eigenvalue weighted by Crippen LogP contribution is -2.37. The monoisotopic (exact) mass is 384 g/mol. The van der Waals surface area contributed by atoms with Crippen LogP contribution in [0.2, 0.25) is 0 Å². The van der Waals surface area contributed by atoms with Crippen molar-refractivity contribution in [1.82, 2.24) is 5.32 Å². The zero-order valence-corrected chi connectivity index (χ0v) is 16.4. The molecule has 0 saturated carbocycles. The maximum absolute atomic E-state index is 12.3. The van der Waals surface area contributed by atoms with Crippen LogP contribution in [0.4, 0.5) is 5.69 Å². The Bertz CT molecular complexity index is 877. The second kappa shape index (κ2) is 7.80. The minimum Gasteiger partial charge on any atom is -0.497 e. The summed E-state index contributed by atoms with van der Waals surface area (Å²) in [4.78, 5) is 24.7. The molecule has 2 aromatic rings. The standard InChI is InChI=1S/C21H24N2O5/c1-5-16(13-6-9-15(26-4)10-7-13)23-20(25)19(24)22-14-8-11-17-18(12-14)28-21(2,3)27-17/h6-12,16H,5H2,1-4H3,(H,22,24)(H,23,25)/t16-/m0/s1. The van der Waals surface area contributed by atoms with E-state index in [1.54, 1.807) is 39.2 Å². The first kappa shape index (κ1) is 19.5. The number of benzene rings is 2. The zero-order valence-electron chi connectivity index (χ0n) is 16.4. The first-order valence-electron chi connectivity index (χ1n) is 9.09. The first-order valence-corrected chi connectivity index (χ1v) is 9.09. The van der Waals surface area contributed by atoms with E-state index in [0.717, 1.165) is 11.3 Å². The largest absolute Gasteiger partial charge is 0.497 e. The summed E-state index contributed by atoms with van der Waals surface area (Å²) in [6.45, 7) is 5.53. The van der Waals surface area contributed by atoms with Gasteiger partial charge in [-0.3, -0.25) is 9.59 Å². The number of nitrogens with one attached hydrogen (secondary N) is 2. The molecule has 1 aliphatic rings. The fraction of sp³-hybridized carbons (Fsp3) is 0.333. The van der Waals surface area contributed by atoms with Crippen molar-refractivity contribution in [3.63, 3.8) is 0 Å². The summed E-state index contributed by atoms with van der Waals surface area (Å²) in [6.07, 6.45) is 0.643. The van der Waals surface area contributed by atoms with Crippen molar-refractivity contribution >= 4 is 17.5 Å². The van der Waals surface area contributed by atoms with Crippen molar-refractivity contribution in [2.45, 2.75) is 39.0 Å². The number of hydrogen-bond donors (Lipinski definition) is 2. The number of carbonyl (C=O) groups is 2. The van der Waals surface area contributed by atoms with Gasteiger partial charge in [-0.15, -0.1) is 0 Å². The number of hydrogen-bond acceptors (Lipinski definition) is 5. The van der Waals surface area contributed by atoms with Crippen LogP contribution in [-0.4, -0.2) is 24.7 Å². The Hall–Kier alpha value is -3.22. The highest BCUT2D eigenvalue weighted by Crippen LogP contribution is 2.40. The average Bonchev–Trinajstić information content (AvgIpc) is 2.99. The van der Waals surface area contributed by atoms with E-state index >= 15 is 0 Å². The summed E-state index contributed by atoms with van der Waals surface area (Å²) in [7, 11) is 1.59. The SMILES string of the molecule is CC[C@H](NC(=O)C(=O)Nc1ccc2c(c1)OC(C)(C)O2)c1ccc(OC)cc1. The highest BCUT2D eigenvalue weighted by atomic mass is 16.7. The maximum atomic E-state index is 12.3. The molecule has 7 heteroatoms. The maximum Gasteiger partial charge on any atom is 0.313 e. The van der Waals surface area contributed by atoms with Gasteiger partial charge in [0, 0.05) is 25.6 Å². The van der Waals surface area contributed by atoms with Crippen LogP contribution in [0.5, 0.6) is 17.2 Å². The number of rotatable bonds is 5. The van der Waals surface area contributed by atoms with Gasteiger partial charge in [0.25, 0.3) is 0 Å². The minimum atomic E-state index is -0.755. The molecule has 2 N–H and O–H groups in total. The molecule has 28 heavy (non-hydrogen) atoms. The molecule has 0 radical (unpaired) electrons. The van der Waals surface area contributed by atoms with Crippen molar-refractivity contribution in [2.24, 2.45) is 0 Å².